The van der Waals surface area contributed by atoms with Gasteiger partial charge in [0.1, 0.15) is 0 Å². The summed E-state index contributed by atoms with van der Waals surface area (Å²) >= 11 is 3.66. The molecule has 1 heterocycles. The molecule has 1 N–H and O–H groups in total. The maximum Gasteiger partial charge on any atom is 0.0798 e. The number of nitrogens with zero attached hydrogens (tertiary/aromatic N) is 1. The first-order chi connectivity index (χ1) is 7.15. The highest BCUT2D eigenvalue weighted by molar-refractivity contribution is 7.98. The molecule has 0 aliphatic carbocycles. The molecule has 0 saturated carbocycles. The van der Waals surface area contributed by atoms with Crippen molar-refractivity contribution in [3.05, 3.63) is 16.1 Å². The van der Waals surface area contributed by atoms with Crippen LogP contribution in [0.2, 0.25) is 0 Å². The van der Waals surface area contributed by atoms with Crippen LogP contribution in [0.1, 0.15) is 30.5 Å². The monoisotopic (exact) mass is 244 g/mol. The molecular formula is C11H20N2S2. The molecule has 0 aromatic carbocycles. The predicted octanol–water partition coefficient (Wildman–Crippen LogP) is 3.10. The molecule has 0 spiro atoms. The van der Waals surface area contributed by atoms with Crippen LogP contribution in [0.5, 0.6) is 0 Å². The molecule has 0 saturated heterocycles. The van der Waals surface area contributed by atoms with Gasteiger partial charge in [0.15, 0.2) is 0 Å². The average molecular weight is 244 g/mol. The number of thiazole rings is 1. The van der Waals surface area contributed by atoms with Gasteiger partial charge in [0.25, 0.3) is 0 Å². The van der Waals surface area contributed by atoms with Crippen LogP contribution in [0.25, 0.3) is 0 Å². The number of aromatic nitrogens is 1. The van der Waals surface area contributed by atoms with Crippen molar-refractivity contribution in [2.75, 3.05) is 18.6 Å². The fourth-order valence-corrected chi connectivity index (χ4v) is 3.06. The predicted molar refractivity (Wildman–Crippen MR) is 70.8 cm³/mol. The van der Waals surface area contributed by atoms with Gasteiger partial charge in [0.05, 0.1) is 11.2 Å². The molecule has 2 nitrogen and oxygen atoms in total. The summed E-state index contributed by atoms with van der Waals surface area (Å²) in [6, 6.07) is 0.432. The molecule has 4 heteroatoms. The molecule has 0 fully saturated rings. The lowest BCUT2D eigenvalue weighted by Gasteiger charge is -2.16. The van der Waals surface area contributed by atoms with E-state index >= 15 is 0 Å². The molecule has 0 amide bonds. The number of thioether (sulfide) groups is 1. The molecule has 0 aliphatic heterocycles. The Balaban J connectivity index is 2.36. The summed E-state index contributed by atoms with van der Waals surface area (Å²) in [5.74, 6) is 1.96. The summed E-state index contributed by atoms with van der Waals surface area (Å²) in [5, 5.41) is 3.57. The largest absolute Gasteiger partial charge is 0.309 e. The third-order valence-electron chi connectivity index (χ3n) is 2.40. The maximum atomic E-state index is 4.28. The van der Waals surface area contributed by atoms with Crippen LogP contribution in [-0.4, -0.2) is 23.5 Å². The summed E-state index contributed by atoms with van der Waals surface area (Å²) in [4.78, 5) is 5.64. The molecule has 2 atom stereocenters. The zero-order valence-corrected chi connectivity index (χ0v) is 11.5. The van der Waals surface area contributed by atoms with E-state index in [2.05, 4.69) is 37.3 Å². The highest BCUT2D eigenvalue weighted by Crippen LogP contribution is 2.21. The first kappa shape index (κ1) is 13.0. The van der Waals surface area contributed by atoms with Gasteiger partial charge in [-0.3, -0.25) is 0 Å². The van der Waals surface area contributed by atoms with Crippen molar-refractivity contribution in [3.63, 3.8) is 0 Å². The summed E-state index contributed by atoms with van der Waals surface area (Å²) < 4.78 is 0. The van der Waals surface area contributed by atoms with E-state index in [-0.39, 0.29) is 0 Å². The van der Waals surface area contributed by atoms with Crippen molar-refractivity contribution < 1.29 is 0 Å². The third kappa shape index (κ3) is 4.13. The minimum atomic E-state index is 0.432. The summed E-state index contributed by atoms with van der Waals surface area (Å²) in [5.41, 5.74) is 3.09. The number of hydrogen-bond acceptors (Lipinski definition) is 4. The number of hydrogen-bond donors (Lipinski definition) is 1. The molecule has 86 valence electrons. The van der Waals surface area contributed by atoms with Crippen LogP contribution in [0.4, 0.5) is 0 Å². The standard InChI is InChI=1S/C11H20N2S2/c1-8(6-14-4)5-12-9(2)11-10(3)13-7-15-11/h7-9,12H,5-6H2,1-4H3. The van der Waals surface area contributed by atoms with E-state index in [1.807, 2.05) is 17.3 Å². The van der Waals surface area contributed by atoms with Crippen molar-refractivity contribution in [2.45, 2.75) is 26.8 Å². The highest BCUT2D eigenvalue weighted by atomic mass is 32.2. The molecule has 1 aromatic heterocycles. The van der Waals surface area contributed by atoms with Crippen LogP contribution in [0, 0.1) is 12.8 Å². The Labute approximate surface area is 101 Å². The molecular weight excluding hydrogens is 224 g/mol. The molecule has 15 heavy (non-hydrogen) atoms. The second-order valence-corrected chi connectivity index (χ2v) is 5.79. The second kappa shape index (κ2) is 6.51. The summed E-state index contributed by atoms with van der Waals surface area (Å²) in [7, 11) is 0. The Morgan fingerprint density at radius 2 is 2.27 bits per heavy atom. The van der Waals surface area contributed by atoms with Crippen molar-refractivity contribution in [1.82, 2.24) is 10.3 Å². The Kier molecular flexibility index (Phi) is 5.64. The van der Waals surface area contributed by atoms with Crippen molar-refractivity contribution in [2.24, 2.45) is 5.92 Å². The van der Waals surface area contributed by atoms with E-state index in [4.69, 9.17) is 0 Å². The minimum absolute atomic E-state index is 0.432. The maximum absolute atomic E-state index is 4.28. The molecule has 0 radical (unpaired) electrons. The van der Waals surface area contributed by atoms with E-state index in [9.17, 15) is 0 Å². The Morgan fingerprint density at radius 1 is 1.53 bits per heavy atom. The highest BCUT2D eigenvalue weighted by Gasteiger charge is 2.11. The molecule has 1 aromatic rings. The lowest BCUT2D eigenvalue weighted by atomic mass is 10.2. The molecule has 0 bridgehead atoms. The van der Waals surface area contributed by atoms with Gasteiger partial charge in [-0.1, -0.05) is 6.92 Å². The second-order valence-electron chi connectivity index (χ2n) is 3.99. The van der Waals surface area contributed by atoms with Crippen molar-refractivity contribution in [3.8, 4) is 0 Å². The van der Waals surface area contributed by atoms with Crippen LogP contribution >= 0.6 is 23.1 Å². The van der Waals surface area contributed by atoms with Crippen LogP contribution in [0.15, 0.2) is 5.51 Å². The topological polar surface area (TPSA) is 24.9 Å². The van der Waals surface area contributed by atoms with Gasteiger partial charge < -0.3 is 5.32 Å². The van der Waals surface area contributed by atoms with E-state index in [1.165, 1.54) is 10.6 Å². The number of rotatable bonds is 6. The van der Waals surface area contributed by atoms with Gasteiger partial charge >= 0.3 is 0 Å². The fraction of sp³-hybridized carbons (Fsp3) is 0.727. The van der Waals surface area contributed by atoms with E-state index in [0.29, 0.717) is 6.04 Å². The third-order valence-corrected chi connectivity index (χ3v) is 4.42. The van der Waals surface area contributed by atoms with Crippen LogP contribution < -0.4 is 5.32 Å². The quantitative estimate of drug-likeness (QED) is 0.832. The SMILES string of the molecule is CSCC(C)CNC(C)c1scnc1C. The van der Waals surface area contributed by atoms with Gasteiger partial charge in [-0.15, -0.1) is 11.3 Å². The van der Waals surface area contributed by atoms with Crippen molar-refractivity contribution in [1.29, 1.82) is 0 Å². The summed E-state index contributed by atoms with van der Waals surface area (Å²) in [6.07, 6.45) is 2.16. The summed E-state index contributed by atoms with van der Waals surface area (Å²) in [6.45, 7) is 7.66. The number of aryl methyl sites for hydroxylation is 1. The van der Waals surface area contributed by atoms with Gasteiger partial charge in [0.2, 0.25) is 0 Å². The first-order valence-electron chi connectivity index (χ1n) is 5.27. The number of nitrogens with one attached hydrogen (secondary N) is 1. The Morgan fingerprint density at radius 3 is 2.80 bits per heavy atom. The molecule has 1 rings (SSSR count). The zero-order valence-electron chi connectivity index (χ0n) is 9.91. The Bertz CT molecular complexity index is 286. The normalized spacial score (nSPS) is 15.2. The first-order valence-corrected chi connectivity index (χ1v) is 7.54. The van der Waals surface area contributed by atoms with Gasteiger partial charge in [0, 0.05) is 10.9 Å². The Hall–Kier alpha value is -0.0600. The minimum Gasteiger partial charge on any atom is -0.309 e. The van der Waals surface area contributed by atoms with Gasteiger partial charge in [-0.25, -0.2) is 4.98 Å². The van der Waals surface area contributed by atoms with E-state index in [0.717, 1.165) is 18.2 Å². The van der Waals surface area contributed by atoms with E-state index in [1.54, 1.807) is 11.3 Å². The fourth-order valence-electron chi connectivity index (χ4n) is 1.54. The lowest BCUT2D eigenvalue weighted by Crippen LogP contribution is -2.25. The average Bonchev–Trinajstić information content (AvgIpc) is 2.61. The zero-order chi connectivity index (χ0) is 11.3. The lowest BCUT2D eigenvalue weighted by molar-refractivity contribution is 0.504. The van der Waals surface area contributed by atoms with Crippen LogP contribution in [0.3, 0.4) is 0 Å². The molecule has 2 unspecified atom stereocenters. The van der Waals surface area contributed by atoms with Gasteiger partial charge in [-0.2, -0.15) is 11.8 Å². The smallest absolute Gasteiger partial charge is 0.0798 e. The van der Waals surface area contributed by atoms with E-state index < -0.39 is 0 Å². The molecule has 0 aliphatic rings. The van der Waals surface area contributed by atoms with Crippen LogP contribution in [-0.2, 0) is 0 Å². The van der Waals surface area contributed by atoms with Gasteiger partial charge in [-0.05, 0) is 38.3 Å². The van der Waals surface area contributed by atoms with Crippen molar-refractivity contribution >= 4 is 23.1 Å².